The molecule has 76 valence electrons. The first-order chi connectivity index (χ1) is 6.50. The van der Waals surface area contributed by atoms with Crippen molar-refractivity contribution >= 4 is 0 Å². The van der Waals surface area contributed by atoms with Gasteiger partial charge in [0.2, 0.25) is 0 Å². The number of ether oxygens (including phenoxy) is 1. The summed E-state index contributed by atoms with van der Waals surface area (Å²) < 4.78 is 5.40. The lowest BCUT2D eigenvalue weighted by Crippen LogP contribution is -2.12. The Labute approximate surface area is 84.5 Å². The van der Waals surface area contributed by atoms with Gasteiger partial charge in [-0.25, -0.2) is 0 Å². The maximum atomic E-state index is 9.96. The minimum Gasteiger partial charge on any atom is -0.386 e. The zero-order chi connectivity index (χ0) is 10.3. The number of rotatable bonds is 2. The van der Waals surface area contributed by atoms with Gasteiger partial charge < -0.3 is 9.84 Å². The highest BCUT2D eigenvalue weighted by molar-refractivity contribution is 5.25. The molecule has 0 bridgehead atoms. The van der Waals surface area contributed by atoms with Gasteiger partial charge in [0, 0.05) is 0 Å². The summed E-state index contributed by atoms with van der Waals surface area (Å²) in [4.78, 5) is 0. The Kier molecular flexibility index (Phi) is 2.13. The molecule has 2 nitrogen and oxygen atoms in total. The molecule has 1 heterocycles. The Morgan fingerprint density at radius 1 is 1.29 bits per heavy atom. The first kappa shape index (κ1) is 9.69. The average molecular weight is 192 g/mol. The number of benzene rings is 1. The van der Waals surface area contributed by atoms with E-state index in [0.29, 0.717) is 0 Å². The number of hydrogen-bond acceptors (Lipinski definition) is 2. The Hall–Kier alpha value is -0.860. The van der Waals surface area contributed by atoms with E-state index in [9.17, 15) is 5.11 Å². The molecule has 1 aromatic rings. The molecule has 1 N–H and O–H groups in total. The molecule has 1 fully saturated rings. The Bertz CT molecular complexity index is 327. The summed E-state index contributed by atoms with van der Waals surface area (Å²) >= 11 is 0. The molecular formula is C12H16O2. The largest absolute Gasteiger partial charge is 0.386 e. The molecule has 2 rings (SSSR count). The monoisotopic (exact) mass is 192 g/mol. The van der Waals surface area contributed by atoms with Crippen molar-refractivity contribution in [2.45, 2.75) is 38.6 Å². The third-order valence-corrected chi connectivity index (χ3v) is 2.76. The van der Waals surface area contributed by atoms with Crippen LogP contribution in [0.2, 0.25) is 0 Å². The third kappa shape index (κ3) is 1.68. The summed E-state index contributed by atoms with van der Waals surface area (Å²) in [5.74, 6) is 0. The van der Waals surface area contributed by atoms with Crippen LogP contribution in [-0.4, -0.2) is 16.8 Å². The van der Waals surface area contributed by atoms with Gasteiger partial charge in [0.25, 0.3) is 0 Å². The van der Waals surface area contributed by atoms with E-state index in [4.69, 9.17) is 4.74 Å². The molecule has 1 aliphatic rings. The molecule has 0 aromatic heterocycles. The van der Waals surface area contributed by atoms with Crippen molar-refractivity contribution in [3.63, 3.8) is 0 Å². The lowest BCUT2D eigenvalue weighted by Gasteiger charge is -2.09. The van der Waals surface area contributed by atoms with E-state index in [1.807, 2.05) is 45.0 Å². The molecule has 0 aliphatic carbocycles. The Balaban J connectivity index is 2.13. The second kappa shape index (κ2) is 3.07. The zero-order valence-corrected chi connectivity index (χ0v) is 8.82. The van der Waals surface area contributed by atoms with Crippen LogP contribution in [-0.2, 0) is 4.74 Å². The highest BCUT2D eigenvalue weighted by Crippen LogP contribution is 2.43. The van der Waals surface area contributed by atoms with E-state index in [1.165, 1.54) is 5.56 Å². The number of aliphatic hydroxyl groups excluding tert-OH is 1. The van der Waals surface area contributed by atoms with Gasteiger partial charge in [-0.1, -0.05) is 29.8 Å². The summed E-state index contributed by atoms with van der Waals surface area (Å²) in [7, 11) is 0. The standard InChI is InChI=1S/C12H16O2/c1-8-4-6-9(7-5-8)10(13)11-12(2,3)14-11/h4-7,10-11,13H,1-3H3/t10-,11+/m0/s1. The maximum absolute atomic E-state index is 9.96. The highest BCUT2D eigenvalue weighted by atomic mass is 16.6. The second-order valence-electron chi connectivity index (χ2n) is 4.50. The molecule has 14 heavy (non-hydrogen) atoms. The minimum absolute atomic E-state index is 0.0507. The van der Waals surface area contributed by atoms with Gasteiger partial charge in [0.05, 0.1) is 5.60 Å². The van der Waals surface area contributed by atoms with Crippen molar-refractivity contribution in [3.05, 3.63) is 35.4 Å². The quantitative estimate of drug-likeness (QED) is 0.729. The van der Waals surface area contributed by atoms with Crippen LogP contribution in [0.4, 0.5) is 0 Å². The van der Waals surface area contributed by atoms with Crippen molar-refractivity contribution in [1.29, 1.82) is 0 Å². The van der Waals surface area contributed by atoms with E-state index >= 15 is 0 Å². The predicted octanol–water partition coefficient (Wildman–Crippen LogP) is 2.21. The number of aliphatic hydroxyl groups is 1. The normalized spacial score (nSPS) is 25.9. The van der Waals surface area contributed by atoms with Crippen LogP contribution in [0.5, 0.6) is 0 Å². The fourth-order valence-corrected chi connectivity index (χ4v) is 1.68. The van der Waals surface area contributed by atoms with Gasteiger partial charge in [-0.15, -0.1) is 0 Å². The summed E-state index contributed by atoms with van der Waals surface area (Å²) in [5.41, 5.74) is 1.98. The average Bonchev–Trinajstić information content (AvgIpc) is 2.75. The summed E-state index contributed by atoms with van der Waals surface area (Å²) in [6.45, 7) is 6.03. The van der Waals surface area contributed by atoms with Crippen LogP contribution in [0, 0.1) is 6.92 Å². The van der Waals surface area contributed by atoms with E-state index < -0.39 is 6.10 Å². The molecule has 0 saturated carbocycles. The van der Waals surface area contributed by atoms with Crippen LogP contribution < -0.4 is 0 Å². The SMILES string of the molecule is Cc1ccc([C@H](O)[C@H]2OC2(C)C)cc1. The molecule has 0 spiro atoms. The predicted molar refractivity (Wildman–Crippen MR) is 55.1 cm³/mol. The van der Waals surface area contributed by atoms with Crippen molar-refractivity contribution in [2.24, 2.45) is 0 Å². The van der Waals surface area contributed by atoms with Crippen LogP contribution >= 0.6 is 0 Å². The van der Waals surface area contributed by atoms with Gasteiger partial charge in [0.1, 0.15) is 12.2 Å². The fraction of sp³-hybridized carbons (Fsp3) is 0.500. The molecule has 1 aromatic carbocycles. The van der Waals surface area contributed by atoms with Crippen molar-refractivity contribution < 1.29 is 9.84 Å². The van der Waals surface area contributed by atoms with E-state index in [-0.39, 0.29) is 11.7 Å². The number of aryl methyl sites for hydroxylation is 1. The van der Waals surface area contributed by atoms with Gasteiger partial charge >= 0.3 is 0 Å². The van der Waals surface area contributed by atoms with Crippen molar-refractivity contribution in [2.75, 3.05) is 0 Å². The molecule has 0 amide bonds. The van der Waals surface area contributed by atoms with E-state index in [1.54, 1.807) is 0 Å². The molecule has 2 heteroatoms. The number of epoxide rings is 1. The summed E-state index contributed by atoms with van der Waals surface area (Å²) in [6.07, 6.45) is -0.546. The van der Waals surface area contributed by atoms with Crippen LogP contribution in [0.3, 0.4) is 0 Å². The van der Waals surface area contributed by atoms with Gasteiger partial charge in [-0.2, -0.15) is 0 Å². The topological polar surface area (TPSA) is 32.8 Å². The fourth-order valence-electron chi connectivity index (χ4n) is 1.68. The first-order valence-electron chi connectivity index (χ1n) is 4.93. The Morgan fingerprint density at radius 3 is 2.21 bits per heavy atom. The smallest absolute Gasteiger partial charge is 0.117 e. The second-order valence-corrected chi connectivity index (χ2v) is 4.50. The van der Waals surface area contributed by atoms with Crippen LogP contribution in [0.25, 0.3) is 0 Å². The zero-order valence-electron chi connectivity index (χ0n) is 8.82. The number of hydrogen-bond donors (Lipinski definition) is 1. The van der Waals surface area contributed by atoms with Gasteiger partial charge in [-0.05, 0) is 26.3 Å². The first-order valence-corrected chi connectivity index (χ1v) is 4.93. The highest BCUT2D eigenvalue weighted by Gasteiger charge is 2.52. The lowest BCUT2D eigenvalue weighted by atomic mass is 9.99. The maximum Gasteiger partial charge on any atom is 0.117 e. The molecule has 1 aliphatic heterocycles. The van der Waals surface area contributed by atoms with E-state index in [2.05, 4.69) is 0 Å². The molecular weight excluding hydrogens is 176 g/mol. The molecule has 0 unspecified atom stereocenters. The van der Waals surface area contributed by atoms with Gasteiger partial charge in [0.15, 0.2) is 0 Å². The molecule has 1 saturated heterocycles. The van der Waals surface area contributed by atoms with Crippen molar-refractivity contribution in [1.82, 2.24) is 0 Å². The molecule has 0 radical (unpaired) electrons. The molecule has 2 atom stereocenters. The van der Waals surface area contributed by atoms with Crippen LogP contribution in [0.15, 0.2) is 24.3 Å². The lowest BCUT2D eigenvalue weighted by molar-refractivity contribution is 0.136. The van der Waals surface area contributed by atoms with Gasteiger partial charge in [-0.3, -0.25) is 0 Å². The van der Waals surface area contributed by atoms with Crippen LogP contribution in [0.1, 0.15) is 31.1 Å². The van der Waals surface area contributed by atoms with Crippen molar-refractivity contribution in [3.8, 4) is 0 Å². The van der Waals surface area contributed by atoms with E-state index in [0.717, 1.165) is 5.56 Å². The summed E-state index contributed by atoms with van der Waals surface area (Å²) in [5, 5.41) is 9.96. The summed E-state index contributed by atoms with van der Waals surface area (Å²) in [6, 6.07) is 7.93. The minimum atomic E-state index is -0.495. The third-order valence-electron chi connectivity index (χ3n) is 2.76. The Morgan fingerprint density at radius 2 is 1.79 bits per heavy atom.